The molecule has 0 aromatic carbocycles. The molecule has 0 aliphatic heterocycles. The Morgan fingerprint density at radius 2 is 1.67 bits per heavy atom. The van der Waals surface area contributed by atoms with Gasteiger partial charge in [0, 0.05) is 0 Å². The first-order valence-electron chi connectivity index (χ1n) is 4.74. The smallest absolute Gasteiger partial charge is 0.316 e. The summed E-state index contributed by atoms with van der Waals surface area (Å²) in [4.78, 5) is 17.1. The first kappa shape index (κ1) is 15.3. The standard InChI is InChI=1S/C7H18O6P2/c1-3-7(13-15(10)11)5-4-6(2)12-14(8)9/h6-7,14-15H,3-5H2,1-2H3,(H,8,9)(H,10,11)/t6-,7?/m0/s1. The van der Waals surface area contributed by atoms with E-state index in [0.717, 1.165) is 0 Å². The quantitative estimate of drug-likeness (QED) is 0.645. The average Bonchev–Trinajstić information content (AvgIpc) is 2.10. The van der Waals surface area contributed by atoms with Crippen molar-refractivity contribution in [1.29, 1.82) is 0 Å². The van der Waals surface area contributed by atoms with Gasteiger partial charge in [-0.05, 0) is 26.2 Å². The van der Waals surface area contributed by atoms with Crippen molar-refractivity contribution in [1.82, 2.24) is 0 Å². The molecule has 8 heteroatoms. The van der Waals surface area contributed by atoms with Gasteiger partial charge in [-0.15, -0.1) is 0 Å². The third-order valence-corrected chi connectivity index (χ3v) is 3.06. The van der Waals surface area contributed by atoms with Gasteiger partial charge >= 0.3 is 16.5 Å². The number of hydrogen-bond donors (Lipinski definition) is 2. The number of rotatable bonds is 8. The second kappa shape index (κ2) is 8.45. The fraction of sp³-hybridized carbons (Fsp3) is 1.00. The largest absolute Gasteiger partial charge is 0.326 e. The van der Waals surface area contributed by atoms with Gasteiger partial charge in [-0.2, -0.15) is 0 Å². The minimum absolute atomic E-state index is 0.298. The van der Waals surface area contributed by atoms with Crippen molar-refractivity contribution in [3.8, 4) is 0 Å². The zero-order valence-corrected chi connectivity index (χ0v) is 10.8. The van der Waals surface area contributed by atoms with E-state index in [2.05, 4.69) is 4.52 Å². The van der Waals surface area contributed by atoms with Crippen LogP contribution in [0.4, 0.5) is 0 Å². The predicted octanol–water partition coefficient (Wildman–Crippen LogP) is 1.73. The monoisotopic (exact) mass is 260 g/mol. The zero-order valence-electron chi connectivity index (χ0n) is 8.80. The molecule has 92 valence electrons. The van der Waals surface area contributed by atoms with E-state index in [-0.39, 0.29) is 12.2 Å². The lowest BCUT2D eigenvalue weighted by Gasteiger charge is -2.16. The molecule has 0 radical (unpaired) electrons. The molecule has 3 unspecified atom stereocenters. The van der Waals surface area contributed by atoms with Crippen LogP contribution < -0.4 is 0 Å². The highest BCUT2D eigenvalue weighted by Crippen LogP contribution is 2.25. The topological polar surface area (TPSA) is 93.1 Å². The molecule has 0 bridgehead atoms. The molecule has 0 fully saturated rings. The van der Waals surface area contributed by atoms with Gasteiger partial charge in [0.15, 0.2) is 0 Å². The van der Waals surface area contributed by atoms with Gasteiger partial charge in [-0.1, -0.05) is 6.92 Å². The van der Waals surface area contributed by atoms with E-state index < -0.39 is 16.5 Å². The summed E-state index contributed by atoms with van der Waals surface area (Å²) in [7, 11) is -5.82. The molecule has 15 heavy (non-hydrogen) atoms. The third-order valence-electron chi connectivity index (χ3n) is 1.92. The van der Waals surface area contributed by atoms with E-state index in [1.54, 1.807) is 6.92 Å². The molecule has 0 saturated heterocycles. The van der Waals surface area contributed by atoms with Gasteiger partial charge in [0.05, 0.1) is 12.2 Å². The Morgan fingerprint density at radius 3 is 2.07 bits per heavy atom. The first-order chi connectivity index (χ1) is 6.95. The molecule has 0 heterocycles. The molecule has 0 aliphatic rings. The highest BCUT2D eigenvalue weighted by molar-refractivity contribution is 7.32. The summed E-state index contributed by atoms with van der Waals surface area (Å²) in [6.45, 7) is 3.52. The maximum atomic E-state index is 10.4. The van der Waals surface area contributed by atoms with Crippen LogP contribution in [0.25, 0.3) is 0 Å². The van der Waals surface area contributed by atoms with E-state index in [9.17, 15) is 9.13 Å². The molecule has 2 N–H and O–H groups in total. The maximum absolute atomic E-state index is 10.4. The summed E-state index contributed by atoms with van der Waals surface area (Å²) >= 11 is 0. The van der Waals surface area contributed by atoms with Crippen LogP contribution in [0, 0.1) is 0 Å². The predicted molar refractivity (Wildman–Crippen MR) is 57.4 cm³/mol. The molecule has 0 aliphatic carbocycles. The summed E-state index contributed by atoms with van der Waals surface area (Å²) in [6.07, 6.45) is 1.03. The van der Waals surface area contributed by atoms with Crippen molar-refractivity contribution in [2.24, 2.45) is 0 Å². The van der Waals surface area contributed by atoms with Gasteiger partial charge in [-0.3, -0.25) is 9.13 Å². The van der Waals surface area contributed by atoms with Gasteiger partial charge in [0.25, 0.3) is 0 Å². The molecule has 0 aromatic rings. The molecular weight excluding hydrogens is 242 g/mol. The van der Waals surface area contributed by atoms with Crippen molar-refractivity contribution in [2.75, 3.05) is 0 Å². The third kappa shape index (κ3) is 9.24. The van der Waals surface area contributed by atoms with Crippen molar-refractivity contribution in [3.05, 3.63) is 0 Å². The van der Waals surface area contributed by atoms with E-state index in [0.29, 0.717) is 19.3 Å². The van der Waals surface area contributed by atoms with Crippen LogP contribution in [0.15, 0.2) is 0 Å². The highest BCUT2D eigenvalue weighted by atomic mass is 31.1. The first-order valence-corrected chi connectivity index (χ1v) is 7.27. The van der Waals surface area contributed by atoms with Gasteiger partial charge < -0.3 is 18.8 Å². The Hall–Kier alpha value is 0.300. The van der Waals surface area contributed by atoms with Crippen LogP contribution >= 0.6 is 16.5 Å². The van der Waals surface area contributed by atoms with Crippen LogP contribution in [0.3, 0.4) is 0 Å². The highest BCUT2D eigenvalue weighted by Gasteiger charge is 2.12. The lowest BCUT2D eigenvalue weighted by molar-refractivity contribution is 0.138. The lowest BCUT2D eigenvalue weighted by Crippen LogP contribution is -2.12. The van der Waals surface area contributed by atoms with Crippen molar-refractivity contribution in [2.45, 2.75) is 45.3 Å². The second-order valence-corrected chi connectivity index (χ2v) is 4.72. The van der Waals surface area contributed by atoms with Crippen LogP contribution in [0.1, 0.15) is 33.1 Å². The maximum Gasteiger partial charge on any atom is 0.316 e. The van der Waals surface area contributed by atoms with Crippen molar-refractivity contribution >= 4 is 16.5 Å². The summed E-state index contributed by atoms with van der Waals surface area (Å²) in [6, 6.07) is 0. The average molecular weight is 260 g/mol. The number of hydrogen-bond acceptors (Lipinski definition) is 4. The minimum Gasteiger partial charge on any atom is -0.326 e. The fourth-order valence-electron chi connectivity index (χ4n) is 1.14. The van der Waals surface area contributed by atoms with E-state index in [1.807, 2.05) is 6.92 Å². The Balaban J connectivity index is 3.79. The fourth-order valence-corrected chi connectivity index (χ4v) is 2.17. The van der Waals surface area contributed by atoms with Gasteiger partial charge in [0.2, 0.25) is 0 Å². The Labute approximate surface area is 90.5 Å². The van der Waals surface area contributed by atoms with Crippen LogP contribution in [-0.4, -0.2) is 22.0 Å². The molecule has 0 spiro atoms. The Bertz CT molecular complexity index is 222. The van der Waals surface area contributed by atoms with Crippen molar-refractivity contribution in [3.63, 3.8) is 0 Å². The van der Waals surface area contributed by atoms with Crippen LogP contribution in [0.5, 0.6) is 0 Å². The van der Waals surface area contributed by atoms with Crippen LogP contribution in [0.2, 0.25) is 0 Å². The van der Waals surface area contributed by atoms with Gasteiger partial charge in [0.1, 0.15) is 0 Å². The Morgan fingerprint density at radius 1 is 1.13 bits per heavy atom. The summed E-state index contributed by atoms with van der Waals surface area (Å²) in [5.41, 5.74) is 0. The summed E-state index contributed by atoms with van der Waals surface area (Å²) in [5.74, 6) is 0. The normalized spacial score (nSPS) is 19.5. The molecule has 0 rings (SSSR count). The van der Waals surface area contributed by atoms with E-state index in [4.69, 9.17) is 14.3 Å². The van der Waals surface area contributed by atoms with Gasteiger partial charge in [-0.25, -0.2) is 0 Å². The Kier molecular flexibility index (Phi) is 8.62. The second-order valence-electron chi connectivity index (χ2n) is 3.19. The summed E-state index contributed by atoms with van der Waals surface area (Å²) in [5, 5.41) is 0. The lowest BCUT2D eigenvalue weighted by atomic mass is 10.1. The molecule has 4 atom stereocenters. The van der Waals surface area contributed by atoms with E-state index >= 15 is 0 Å². The molecular formula is C7H18O6P2. The molecule has 0 amide bonds. The molecule has 6 nitrogen and oxygen atoms in total. The SMILES string of the molecule is CCC(CC[C@H](C)O[PH](=O)O)O[PH](=O)O. The minimum atomic E-state index is -2.91. The molecule has 0 saturated carbocycles. The van der Waals surface area contributed by atoms with E-state index in [1.165, 1.54) is 0 Å². The summed E-state index contributed by atoms with van der Waals surface area (Å²) < 4.78 is 30.2. The van der Waals surface area contributed by atoms with Crippen LogP contribution in [-0.2, 0) is 18.2 Å². The molecule has 0 aromatic heterocycles. The van der Waals surface area contributed by atoms with Crippen molar-refractivity contribution < 1.29 is 28.0 Å². The zero-order chi connectivity index (χ0) is 11.8.